The maximum atomic E-state index is 12.3. The van der Waals surface area contributed by atoms with Gasteiger partial charge in [0.15, 0.2) is 0 Å². The number of carboxylic acids is 1. The second-order valence-electron chi connectivity index (χ2n) is 5.42. The van der Waals surface area contributed by atoms with Crippen molar-refractivity contribution >= 4 is 16.0 Å². The van der Waals surface area contributed by atoms with E-state index in [2.05, 4.69) is 4.72 Å². The Balaban J connectivity index is 2.25. The molecule has 1 aromatic rings. The molecule has 0 aromatic heterocycles. The average molecular weight is 308 g/mol. The second-order valence-corrected chi connectivity index (χ2v) is 7.14. The summed E-state index contributed by atoms with van der Waals surface area (Å²) in [5.41, 5.74) is -0.718. The van der Waals surface area contributed by atoms with Crippen molar-refractivity contribution in [1.29, 1.82) is 5.26 Å². The molecule has 1 aromatic carbocycles. The molecule has 0 spiro atoms. The van der Waals surface area contributed by atoms with Gasteiger partial charge >= 0.3 is 5.97 Å². The summed E-state index contributed by atoms with van der Waals surface area (Å²) in [5.74, 6) is -0.993. The molecule has 0 bridgehead atoms. The molecule has 2 atom stereocenters. The zero-order chi connectivity index (χ0) is 15.7. The summed E-state index contributed by atoms with van der Waals surface area (Å²) in [7, 11) is -3.80. The van der Waals surface area contributed by atoms with Crippen LogP contribution in [0.5, 0.6) is 0 Å². The second kappa shape index (κ2) is 5.47. The molecule has 2 N–H and O–H groups in total. The molecule has 2 unspecified atom stereocenters. The van der Waals surface area contributed by atoms with Crippen LogP contribution in [0.15, 0.2) is 29.2 Å². The first-order valence-corrected chi connectivity index (χ1v) is 8.04. The zero-order valence-corrected chi connectivity index (χ0v) is 12.4. The first kappa shape index (κ1) is 15.5. The Labute approximate surface area is 123 Å². The van der Waals surface area contributed by atoms with Crippen molar-refractivity contribution in [3.05, 3.63) is 29.8 Å². The number of hydrogen-bond donors (Lipinski definition) is 2. The molecular formula is C14H16N2O4S. The minimum Gasteiger partial charge on any atom is -0.481 e. The number of benzene rings is 1. The van der Waals surface area contributed by atoms with E-state index >= 15 is 0 Å². The molecule has 0 aliphatic heterocycles. The molecule has 7 heteroatoms. The molecule has 0 amide bonds. The Hall–Kier alpha value is -1.91. The van der Waals surface area contributed by atoms with Crippen LogP contribution >= 0.6 is 0 Å². The van der Waals surface area contributed by atoms with Crippen LogP contribution in [0.3, 0.4) is 0 Å². The highest BCUT2D eigenvalue weighted by Gasteiger charge is 2.46. The maximum absolute atomic E-state index is 12.3. The molecule has 0 saturated heterocycles. The Morgan fingerprint density at radius 2 is 2.05 bits per heavy atom. The lowest BCUT2D eigenvalue weighted by Gasteiger charge is -2.27. The van der Waals surface area contributed by atoms with Crippen molar-refractivity contribution in [3.8, 4) is 6.07 Å². The molecular weight excluding hydrogens is 292 g/mol. The molecule has 1 aliphatic rings. The van der Waals surface area contributed by atoms with Gasteiger partial charge in [0.1, 0.15) is 0 Å². The van der Waals surface area contributed by atoms with Crippen molar-refractivity contribution in [2.24, 2.45) is 5.41 Å². The van der Waals surface area contributed by atoms with Crippen LogP contribution in [0.4, 0.5) is 0 Å². The molecule has 112 valence electrons. The Morgan fingerprint density at radius 3 is 2.57 bits per heavy atom. The number of nitrogens with zero attached hydrogens (tertiary/aromatic N) is 1. The third-order valence-electron chi connectivity index (χ3n) is 4.04. The van der Waals surface area contributed by atoms with Crippen molar-refractivity contribution in [3.63, 3.8) is 0 Å². The number of aliphatic carboxylic acids is 1. The monoisotopic (exact) mass is 308 g/mol. The average Bonchev–Trinajstić information content (AvgIpc) is 2.81. The van der Waals surface area contributed by atoms with E-state index in [-0.39, 0.29) is 4.90 Å². The van der Waals surface area contributed by atoms with Gasteiger partial charge in [0.05, 0.1) is 21.9 Å². The van der Waals surface area contributed by atoms with Crippen LogP contribution in [0.25, 0.3) is 0 Å². The summed E-state index contributed by atoms with van der Waals surface area (Å²) in [4.78, 5) is 11.4. The van der Waals surface area contributed by atoms with E-state index in [9.17, 15) is 18.3 Å². The van der Waals surface area contributed by atoms with E-state index in [1.165, 1.54) is 24.3 Å². The quantitative estimate of drug-likeness (QED) is 0.876. The van der Waals surface area contributed by atoms with E-state index in [1.807, 2.05) is 6.07 Å². The number of hydrogen-bond acceptors (Lipinski definition) is 4. The number of carboxylic acid groups (broad SMARTS) is 1. The fourth-order valence-corrected chi connectivity index (χ4v) is 3.96. The molecule has 6 nitrogen and oxygen atoms in total. The van der Waals surface area contributed by atoms with Crippen LogP contribution in [0, 0.1) is 16.7 Å². The fourth-order valence-electron chi connectivity index (χ4n) is 2.58. The van der Waals surface area contributed by atoms with Gasteiger partial charge in [0.2, 0.25) is 10.0 Å². The van der Waals surface area contributed by atoms with Gasteiger partial charge in [0, 0.05) is 6.04 Å². The zero-order valence-electron chi connectivity index (χ0n) is 11.5. The fraction of sp³-hybridized carbons (Fsp3) is 0.429. The molecule has 0 radical (unpaired) electrons. The van der Waals surface area contributed by atoms with Crippen molar-refractivity contribution in [2.45, 2.75) is 37.1 Å². The third kappa shape index (κ3) is 2.91. The lowest BCUT2D eigenvalue weighted by atomic mass is 9.85. The van der Waals surface area contributed by atoms with Gasteiger partial charge < -0.3 is 5.11 Å². The number of nitrogens with one attached hydrogen (secondary N) is 1. The molecule has 2 rings (SSSR count). The number of rotatable bonds is 4. The standard InChI is InChI=1S/C14H16N2O4S/c1-14(13(17)18)8-2-3-12(14)16-21(19,20)11-6-4-10(9-15)5-7-11/h4-7,12,16H,2-3,8H2,1H3,(H,17,18). The first-order valence-electron chi connectivity index (χ1n) is 6.55. The highest BCUT2D eigenvalue weighted by Crippen LogP contribution is 2.38. The predicted molar refractivity (Wildman–Crippen MR) is 74.9 cm³/mol. The van der Waals surface area contributed by atoms with Gasteiger partial charge in [-0.1, -0.05) is 6.42 Å². The van der Waals surface area contributed by atoms with Crippen LogP contribution in [-0.2, 0) is 14.8 Å². The number of sulfonamides is 1. The number of nitriles is 1. The molecule has 0 heterocycles. The van der Waals surface area contributed by atoms with Gasteiger partial charge in [0.25, 0.3) is 0 Å². The van der Waals surface area contributed by atoms with Gasteiger partial charge in [-0.3, -0.25) is 4.79 Å². The van der Waals surface area contributed by atoms with Crippen molar-refractivity contribution in [1.82, 2.24) is 4.72 Å². The molecule has 1 aliphatic carbocycles. The highest BCUT2D eigenvalue weighted by atomic mass is 32.2. The van der Waals surface area contributed by atoms with E-state index in [1.54, 1.807) is 6.92 Å². The number of carbonyl (C=O) groups is 1. The highest BCUT2D eigenvalue weighted by molar-refractivity contribution is 7.89. The van der Waals surface area contributed by atoms with Crippen LogP contribution < -0.4 is 4.72 Å². The summed E-state index contributed by atoms with van der Waals surface area (Å²) < 4.78 is 27.1. The Morgan fingerprint density at radius 1 is 1.43 bits per heavy atom. The lowest BCUT2D eigenvalue weighted by molar-refractivity contribution is -0.148. The van der Waals surface area contributed by atoms with E-state index < -0.39 is 27.4 Å². The minimum atomic E-state index is -3.80. The lowest BCUT2D eigenvalue weighted by Crippen LogP contribution is -2.46. The summed E-state index contributed by atoms with van der Waals surface area (Å²) in [6.45, 7) is 1.56. The van der Waals surface area contributed by atoms with Gasteiger partial charge in [-0.25, -0.2) is 13.1 Å². The maximum Gasteiger partial charge on any atom is 0.310 e. The van der Waals surface area contributed by atoms with Crippen LogP contribution in [0.2, 0.25) is 0 Å². The largest absolute Gasteiger partial charge is 0.481 e. The SMILES string of the molecule is CC1(C(=O)O)CCCC1NS(=O)(=O)c1ccc(C#N)cc1. The molecule has 1 fully saturated rings. The van der Waals surface area contributed by atoms with Crippen LogP contribution in [0.1, 0.15) is 31.7 Å². The van der Waals surface area contributed by atoms with Gasteiger partial charge in [-0.2, -0.15) is 5.26 Å². The van der Waals surface area contributed by atoms with E-state index in [4.69, 9.17) is 5.26 Å². The van der Waals surface area contributed by atoms with Gasteiger partial charge in [-0.15, -0.1) is 0 Å². The van der Waals surface area contributed by atoms with Crippen molar-refractivity contribution in [2.75, 3.05) is 0 Å². The minimum absolute atomic E-state index is 0.0288. The van der Waals surface area contributed by atoms with E-state index in [0.29, 0.717) is 24.8 Å². The summed E-state index contributed by atoms with van der Waals surface area (Å²) >= 11 is 0. The van der Waals surface area contributed by atoms with Crippen molar-refractivity contribution < 1.29 is 18.3 Å². The summed E-state index contributed by atoms with van der Waals surface area (Å²) in [5, 5.41) is 18.0. The van der Waals surface area contributed by atoms with Gasteiger partial charge in [-0.05, 0) is 44.0 Å². The Bertz CT molecular complexity index is 691. The Kier molecular flexibility index (Phi) is 4.03. The summed E-state index contributed by atoms with van der Waals surface area (Å²) in [6.07, 6.45) is 1.62. The normalized spacial score (nSPS) is 25.4. The predicted octanol–water partition coefficient (Wildman–Crippen LogP) is 1.48. The molecule has 21 heavy (non-hydrogen) atoms. The van der Waals surface area contributed by atoms with Crippen LogP contribution in [-0.4, -0.2) is 25.5 Å². The van der Waals surface area contributed by atoms with E-state index in [0.717, 1.165) is 0 Å². The molecule has 1 saturated carbocycles. The summed E-state index contributed by atoms with van der Waals surface area (Å²) in [6, 6.07) is 6.80. The first-order chi connectivity index (χ1) is 9.79. The topological polar surface area (TPSA) is 107 Å². The smallest absolute Gasteiger partial charge is 0.310 e. The third-order valence-corrected chi connectivity index (χ3v) is 5.53.